The van der Waals surface area contributed by atoms with E-state index in [2.05, 4.69) is 10.3 Å². The third-order valence-corrected chi connectivity index (χ3v) is 4.37. The molecule has 0 bridgehead atoms. The van der Waals surface area contributed by atoms with Crippen LogP contribution in [-0.4, -0.2) is 46.6 Å². The zero-order valence-electron chi connectivity index (χ0n) is 11.5. The van der Waals surface area contributed by atoms with Gasteiger partial charge in [-0.3, -0.25) is 4.79 Å². The van der Waals surface area contributed by atoms with Gasteiger partial charge in [-0.05, 0) is 19.8 Å². The number of aryl methyl sites for hydroxylation is 1. The summed E-state index contributed by atoms with van der Waals surface area (Å²) < 4.78 is 0. The molecule has 2 amide bonds. The number of carboxylic acids is 1. The molecule has 1 saturated heterocycles. The number of aliphatic carboxylic acids is 1. The molecule has 110 valence electrons. The number of thiazole rings is 1. The second-order valence-corrected chi connectivity index (χ2v) is 5.93. The lowest BCUT2D eigenvalue weighted by atomic mass is 9.99. The summed E-state index contributed by atoms with van der Waals surface area (Å²) in [6.07, 6.45) is 2.11. The van der Waals surface area contributed by atoms with Gasteiger partial charge in [0.15, 0.2) is 0 Å². The SMILES string of the molecule is Cc1csc(CCNC(=O)N2CCC[C@@H](C(=O)O)C2)n1. The van der Waals surface area contributed by atoms with E-state index in [0.717, 1.165) is 17.1 Å². The molecular formula is C13H19N3O3S. The van der Waals surface area contributed by atoms with Crippen LogP contribution in [0.1, 0.15) is 23.5 Å². The van der Waals surface area contributed by atoms with Crippen LogP contribution >= 0.6 is 11.3 Å². The molecule has 1 aliphatic rings. The van der Waals surface area contributed by atoms with E-state index < -0.39 is 11.9 Å². The molecule has 1 fully saturated rings. The van der Waals surface area contributed by atoms with Crippen LogP contribution in [0.2, 0.25) is 0 Å². The monoisotopic (exact) mass is 297 g/mol. The van der Waals surface area contributed by atoms with Crippen molar-refractivity contribution in [2.45, 2.75) is 26.2 Å². The third-order valence-electron chi connectivity index (χ3n) is 3.34. The maximum atomic E-state index is 12.0. The van der Waals surface area contributed by atoms with Gasteiger partial charge in [-0.25, -0.2) is 9.78 Å². The number of carbonyl (C=O) groups excluding carboxylic acids is 1. The van der Waals surface area contributed by atoms with Crippen LogP contribution in [0, 0.1) is 12.8 Å². The number of urea groups is 1. The molecule has 0 radical (unpaired) electrons. The van der Waals surface area contributed by atoms with Crippen LogP contribution in [0.3, 0.4) is 0 Å². The Bertz CT molecular complexity index is 489. The van der Waals surface area contributed by atoms with Crippen molar-refractivity contribution < 1.29 is 14.7 Å². The van der Waals surface area contributed by atoms with Crippen molar-refractivity contribution in [2.24, 2.45) is 5.92 Å². The number of nitrogens with one attached hydrogen (secondary N) is 1. The minimum Gasteiger partial charge on any atom is -0.481 e. The highest BCUT2D eigenvalue weighted by molar-refractivity contribution is 7.09. The van der Waals surface area contributed by atoms with Crippen LogP contribution in [0.5, 0.6) is 0 Å². The van der Waals surface area contributed by atoms with Gasteiger partial charge in [0.25, 0.3) is 0 Å². The minimum atomic E-state index is -0.819. The molecule has 1 aliphatic heterocycles. The van der Waals surface area contributed by atoms with Gasteiger partial charge in [0.1, 0.15) is 0 Å². The maximum Gasteiger partial charge on any atom is 0.317 e. The lowest BCUT2D eigenvalue weighted by Crippen LogP contribution is -2.47. The summed E-state index contributed by atoms with van der Waals surface area (Å²) in [6, 6.07) is -0.177. The molecule has 0 aromatic carbocycles. The number of aromatic nitrogens is 1. The van der Waals surface area contributed by atoms with Gasteiger partial charge in [0, 0.05) is 37.1 Å². The summed E-state index contributed by atoms with van der Waals surface area (Å²) in [7, 11) is 0. The van der Waals surface area contributed by atoms with Crippen LogP contribution in [0.15, 0.2) is 5.38 Å². The molecule has 7 heteroatoms. The summed E-state index contributed by atoms with van der Waals surface area (Å²) >= 11 is 1.59. The number of carbonyl (C=O) groups is 2. The van der Waals surface area contributed by atoms with Crippen LogP contribution < -0.4 is 5.32 Å². The Morgan fingerprint density at radius 1 is 1.60 bits per heavy atom. The predicted molar refractivity (Wildman–Crippen MR) is 75.9 cm³/mol. The fourth-order valence-electron chi connectivity index (χ4n) is 2.27. The molecule has 1 aromatic heterocycles. The summed E-state index contributed by atoms with van der Waals surface area (Å²) in [5, 5.41) is 14.8. The Morgan fingerprint density at radius 3 is 3.05 bits per heavy atom. The number of likely N-dealkylation sites (tertiary alicyclic amines) is 1. The quantitative estimate of drug-likeness (QED) is 0.882. The first-order valence-corrected chi connectivity index (χ1v) is 7.61. The van der Waals surface area contributed by atoms with Crippen molar-refractivity contribution in [2.75, 3.05) is 19.6 Å². The normalized spacial score (nSPS) is 18.9. The number of hydrogen-bond donors (Lipinski definition) is 2. The van der Waals surface area contributed by atoms with E-state index >= 15 is 0 Å². The van der Waals surface area contributed by atoms with Crippen LogP contribution in [0.25, 0.3) is 0 Å². The molecule has 0 saturated carbocycles. The molecule has 0 unspecified atom stereocenters. The standard InChI is InChI=1S/C13H19N3O3S/c1-9-8-20-11(15-9)4-5-14-13(19)16-6-2-3-10(7-16)12(17)18/h8,10H,2-7H2,1H3,(H,14,19)(H,17,18)/t10-/m1/s1. The van der Waals surface area contributed by atoms with Gasteiger partial charge in [-0.15, -0.1) is 11.3 Å². The first-order valence-electron chi connectivity index (χ1n) is 6.73. The maximum absolute atomic E-state index is 12.0. The largest absolute Gasteiger partial charge is 0.481 e. The van der Waals surface area contributed by atoms with Crippen molar-refractivity contribution in [1.29, 1.82) is 0 Å². The zero-order valence-corrected chi connectivity index (χ0v) is 12.3. The highest BCUT2D eigenvalue weighted by Crippen LogP contribution is 2.16. The summed E-state index contributed by atoms with van der Waals surface area (Å²) in [5.41, 5.74) is 0.997. The van der Waals surface area contributed by atoms with E-state index in [1.54, 1.807) is 16.2 Å². The Hall–Kier alpha value is -1.63. The molecule has 6 nitrogen and oxygen atoms in total. The Kier molecular flexibility index (Phi) is 4.94. The van der Waals surface area contributed by atoms with Crippen LogP contribution in [-0.2, 0) is 11.2 Å². The molecule has 2 N–H and O–H groups in total. The average molecular weight is 297 g/mol. The fraction of sp³-hybridized carbons (Fsp3) is 0.615. The van der Waals surface area contributed by atoms with Gasteiger partial charge in [-0.1, -0.05) is 0 Å². The lowest BCUT2D eigenvalue weighted by Gasteiger charge is -2.30. The van der Waals surface area contributed by atoms with Crippen molar-refractivity contribution in [3.8, 4) is 0 Å². The molecule has 2 heterocycles. The Balaban J connectivity index is 1.75. The molecule has 2 rings (SSSR count). The molecule has 0 spiro atoms. The van der Waals surface area contributed by atoms with Crippen LogP contribution in [0.4, 0.5) is 4.79 Å². The molecule has 0 aliphatic carbocycles. The third kappa shape index (κ3) is 3.93. The fourth-order valence-corrected chi connectivity index (χ4v) is 3.04. The molecular weight excluding hydrogens is 278 g/mol. The highest BCUT2D eigenvalue weighted by atomic mass is 32.1. The van der Waals surface area contributed by atoms with E-state index in [9.17, 15) is 9.59 Å². The number of nitrogens with zero attached hydrogens (tertiary/aromatic N) is 2. The molecule has 1 aromatic rings. The van der Waals surface area contributed by atoms with E-state index in [1.165, 1.54) is 0 Å². The lowest BCUT2D eigenvalue weighted by molar-refractivity contribution is -0.143. The summed E-state index contributed by atoms with van der Waals surface area (Å²) in [4.78, 5) is 28.8. The zero-order chi connectivity index (χ0) is 14.5. The van der Waals surface area contributed by atoms with E-state index in [1.807, 2.05) is 12.3 Å². The van der Waals surface area contributed by atoms with Gasteiger partial charge < -0.3 is 15.3 Å². The number of piperidine rings is 1. The van der Waals surface area contributed by atoms with Crippen molar-refractivity contribution >= 4 is 23.3 Å². The van der Waals surface area contributed by atoms with E-state index in [4.69, 9.17) is 5.11 Å². The summed E-state index contributed by atoms with van der Waals surface area (Å²) in [6.45, 7) is 3.40. The number of carboxylic acid groups (broad SMARTS) is 1. The molecule has 20 heavy (non-hydrogen) atoms. The van der Waals surface area contributed by atoms with Crippen molar-refractivity contribution in [3.05, 3.63) is 16.1 Å². The summed E-state index contributed by atoms with van der Waals surface area (Å²) in [5.74, 6) is -1.25. The minimum absolute atomic E-state index is 0.177. The van der Waals surface area contributed by atoms with Gasteiger partial charge in [-0.2, -0.15) is 0 Å². The highest BCUT2D eigenvalue weighted by Gasteiger charge is 2.27. The van der Waals surface area contributed by atoms with E-state index in [0.29, 0.717) is 32.5 Å². The first kappa shape index (κ1) is 14.8. The number of amides is 2. The second kappa shape index (κ2) is 6.69. The predicted octanol–water partition coefficient (Wildman–Crippen LogP) is 1.50. The first-order chi connectivity index (χ1) is 9.56. The Morgan fingerprint density at radius 2 is 2.40 bits per heavy atom. The van der Waals surface area contributed by atoms with Gasteiger partial charge >= 0.3 is 12.0 Å². The second-order valence-electron chi connectivity index (χ2n) is 4.99. The average Bonchev–Trinajstić information content (AvgIpc) is 2.84. The van der Waals surface area contributed by atoms with Crippen molar-refractivity contribution in [1.82, 2.24) is 15.2 Å². The number of rotatable bonds is 4. The smallest absolute Gasteiger partial charge is 0.317 e. The Labute approximate surface area is 121 Å². The topological polar surface area (TPSA) is 82.5 Å². The van der Waals surface area contributed by atoms with Crippen molar-refractivity contribution in [3.63, 3.8) is 0 Å². The number of hydrogen-bond acceptors (Lipinski definition) is 4. The van der Waals surface area contributed by atoms with E-state index in [-0.39, 0.29) is 6.03 Å². The van der Waals surface area contributed by atoms with Gasteiger partial charge in [0.2, 0.25) is 0 Å². The molecule has 1 atom stereocenters. The van der Waals surface area contributed by atoms with Gasteiger partial charge in [0.05, 0.1) is 10.9 Å².